The number of nitrogens with two attached hydrogens (primary N) is 1. The van der Waals surface area contributed by atoms with Gasteiger partial charge in [0.1, 0.15) is 15.2 Å². The van der Waals surface area contributed by atoms with Crippen LogP contribution in [0.3, 0.4) is 0 Å². The number of nitrogens with one attached hydrogen (secondary N) is 1. The highest BCUT2D eigenvalue weighted by molar-refractivity contribution is 7.21. The van der Waals surface area contributed by atoms with E-state index in [1.165, 1.54) is 37.0 Å². The van der Waals surface area contributed by atoms with Gasteiger partial charge in [0.25, 0.3) is 5.91 Å². The van der Waals surface area contributed by atoms with Gasteiger partial charge in [0, 0.05) is 18.9 Å². The molecule has 2 aromatic rings. The van der Waals surface area contributed by atoms with E-state index in [0.717, 1.165) is 23.2 Å². The minimum atomic E-state index is -0.0800. The van der Waals surface area contributed by atoms with Gasteiger partial charge in [-0.05, 0) is 43.4 Å². The first-order chi connectivity index (χ1) is 10.2. The first-order valence-electron chi connectivity index (χ1n) is 7.51. The molecule has 0 aliphatic heterocycles. The second kappa shape index (κ2) is 4.94. The lowest BCUT2D eigenvalue weighted by Gasteiger charge is -2.15. The van der Waals surface area contributed by atoms with Crippen LogP contribution in [0.25, 0.3) is 10.3 Å². The molecule has 0 radical (unpaired) electrons. The summed E-state index contributed by atoms with van der Waals surface area (Å²) in [4.78, 5) is 22.1. The monoisotopic (exact) mass is 302 g/mol. The molecule has 2 fully saturated rings. The molecule has 0 spiro atoms. The Morgan fingerprint density at radius 3 is 2.57 bits per heavy atom. The van der Waals surface area contributed by atoms with E-state index in [1.807, 2.05) is 0 Å². The molecule has 1 amide bonds. The summed E-state index contributed by atoms with van der Waals surface area (Å²) in [6.45, 7) is 0.780. The highest BCUT2D eigenvalue weighted by Gasteiger charge is 2.41. The number of hydrogen-bond donors (Lipinski definition) is 2. The van der Waals surface area contributed by atoms with E-state index >= 15 is 0 Å². The lowest BCUT2D eigenvalue weighted by Crippen LogP contribution is -2.31. The third kappa shape index (κ3) is 2.48. The fraction of sp³-hybridized carbons (Fsp3) is 0.533. The summed E-state index contributed by atoms with van der Waals surface area (Å²) in [7, 11) is 0. The van der Waals surface area contributed by atoms with Crippen molar-refractivity contribution in [3.8, 4) is 0 Å². The molecule has 0 bridgehead atoms. The first kappa shape index (κ1) is 13.0. The zero-order chi connectivity index (χ0) is 14.4. The SMILES string of the molecule is Nc1c(C(=O)NCC(C2CC2)C2CC2)sc2nccnc12. The molecule has 2 aromatic heterocycles. The van der Waals surface area contributed by atoms with E-state index in [2.05, 4.69) is 15.3 Å². The molecule has 2 saturated carbocycles. The third-order valence-corrected chi connectivity index (χ3v) is 5.62. The Kier molecular flexibility index (Phi) is 3.06. The van der Waals surface area contributed by atoms with Gasteiger partial charge in [0.2, 0.25) is 0 Å². The average molecular weight is 302 g/mol. The summed E-state index contributed by atoms with van der Waals surface area (Å²) in [6.07, 6.45) is 8.54. The second-order valence-electron chi connectivity index (χ2n) is 6.10. The molecule has 110 valence electrons. The fourth-order valence-corrected chi connectivity index (χ4v) is 4.01. The summed E-state index contributed by atoms with van der Waals surface area (Å²) in [5.41, 5.74) is 7.12. The molecule has 21 heavy (non-hydrogen) atoms. The highest BCUT2D eigenvalue weighted by Crippen LogP contribution is 2.48. The van der Waals surface area contributed by atoms with Crippen LogP contribution < -0.4 is 11.1 Å². The number of nitrogen functional groups attached to an aromatic ring is 1. The van der Waals surface area contributed by atoms with Crippen molar-refractivity contribution in [1.29, 1.82) is 0 Å². The Labute approximate surface area is 127 Å². The van der Waals surface area contributed by atoms with Crippen LogP contribution in [-0.2, 0) is 0 Å². The summed E-state index contributed by atoms with van der Waals surface area (Å²) in [5, 5.41) is 3.08. The van der Waals surface area contributed by atoms with Gasteiger partial charge in [-0.3, -0.25) is 4.79 Å². The maximum absolute atomic E-state index is 12.4. The Hall–Kier alpha value is -1.69. The summed E-state index contributed by atoms with van der Waals surface area (Å²) < 4.78 is 0. The molecule has 4 rings (SSSR count). The van der Waals surface area contributed by atoms with Gasteiger partial charge >= 0.3 is 0 Å². The van der Waals surface area contributed by atoms with Crippen molar-refractivity contribution in [2.75, 3.05) is 12.3 Å². The molecular formula is C15H18N4OS. The summed E-state index contributed by atoms with van der Waals surface area (Å²) >= 11 is 1.32. The van der Waals surface area contributed by atoms with Crippen molar-refractivity contribution in [1.82, 2.24) is 15.3 Å². The smallest absolute Gasteiger partial charge is 0.263 e. The standard InChI is InChI=1S/C15H18N4OS/c16-11-12-15(18-6-5-17-12)21-13(11)14(20)19-7-10(8-1-2-8)9-3-4-9/h5-6,8-10H,1-4,7,16H2,(H,19,20). The second-order valence-corrected chi connectivity index (χ2v) is 7.10. The number of fused-ring (bicyclic) bond motifs is 1. The molecule has 6 heteroatoms. The van der Waals surface area contributed by atoms with E-state index in [0.29, 0.717) is 22.0 Å². The van der Waals surface area contributed by atoms with Crippen molar-refractivity contribution in [3.05, 3.63) is 17.3 Å². The lowest BCUT2D eigenvalue weighted by molar-refractivity contribution is 0.0948. The van der Waals surface area contributed by atoms with Gasteiger partial charge in [0.15, 0.2) is 0 Å². The van der Waals surface area contributed by atoms with Crippen molar-refractivity contribution in [3.63, 3.8) is 0 Å². The number of carbonyl (C=O) groups is 1. The number of rotatable bonds is 5. The molecule has 3 N–H and O–H groups in total. The molecule has 0 atom stereocenters. The van der Waals surface area contributed by atoms with Gasteiger partial charge < -0.3 is 11.1 Å². The van der Waals surface area contributed by atoms with Crippen LogP contribution >= 0.6 is 11.3 Å². The van der Waals surface area contributed by atoms with Crippen molar-refractivity contribution in [2.24, 2.45) is 17.8 Å². The maximum atomic E-state index is 12.4. The number of hydrogen-bond acceptors (Lipinski definition) is 5. The average Bonchev–Trinajstić information content (AvgIpc) is 3.39. The number of carbonyl (C=O) groups excluding carboxylic acids is 1. The summed E-state index contributed by atoms with van der Waals surface area (Å²) in [5.74, 6) is 2.26. The van der Waals surface area contributed by atoms with Crippen molar-refractivity contribution in [2.45, 2.75) is 25.7 Å². The minimum Gasteiger partial charge on any atom is -0.396 e. The number of aromatic nitrogens is 2. The maximum Gasteiger partial charge on any atom is 0.263 e. The molecule has 5 nitrogen and oxygen atoms in total. The first-order valence-corrected chi connectivity index (χ1v) is 8.33. The molecule has 0 aromatic carbocycles. The zero-order valence-corrected chi connectivity index (χ0v) is 12.5. The van der Waals surface area contributed by atoms with Crippen LogP contribution in [0.1, 0.15) is 35.4 Å². The minimum absolute atomic E-state index is 0.0800. The predicted molar refractivity (Wildman–Crippen MR) is 83.1 cm³/mol. The van der Waals surface area contributed by atoms with E-state index in [4.69, 9.17) is 5.73 Å². The fourth-order valence-electron chi connectivity index (χ4n) is 3.07. The Bertz CT molecular complexity index is 678. The van der Waals surface area contributed by atoms with Crippen LogP contribution in [0, 0.1) is 17.8 Å². The number of anilines is 1. The Morgan fingerprint density at radius 2 is 1.95 bits per heavy atom. The third-order valence-electron chi connectivity index (χ3n) is 4.52. The van der Waals surface area contributed by atoms with Crippen LogP contribution in [0.4, 0.5) is 5.69 Å². The quantitative estimate of drug-likeness (QED) is 0.889. The topological polar surface area (TPSA) is 80.9 Å². The van der Waals surface area contributed by atoms with Gasteiger partial charge in [-0.1, -0.05) is 0 Å². The molecule has 2 aliphatic carbocycles. The van der Waals surface area contributed by atoms with E-state index in [-0.39, 0.29) is 5.91 Å². The number of amides is 1. The van der Waals surface area contributed by atoms with E-state index in [9.17, 15) is 4.79 Å². The van der Waals surface area contributed by atoms with Crippen molar-refractivity contribution < 1.29 is 4.79 Å². The van der Waals surface area contributed by atoms with Crippen LogP contribution in [0.5, 0.6) is 0 Å². The zero-order valence-electron chi connectivity index (χ0n) is 11.7. The molecule has 0 unspecified atom stereocenters. The Balaban J connectivity index is 1.49. The Morgan fingerprint density at radius 1 is 1.29 bits per heavy atom. The molecule has 0 saturated heterocycles. The van der Waals surface area contributed by atoms with Gasteiger partial charge in [-0.15, -0.1) is 11.3 Å². The van der Waals surface area contributed by atoms with E-state index < -0.39 is 0 Å². The normalized spacial score (nSPS) is 18.3. The lowest BCUT2D eigenvalue weighted by atomic mass is 9.98. The molecular weight excluding hydrogens is 284 g/mol. The predicted octanol–water partition coefficient (Wildman–Crippen LogP) is 2.44. The molecule has 2 aliphatic rings. The highest BCUT2D eigenvalue weighted by atomic mass is 32.1. The molecule has 2 heterocycles. The number of nitrogens with zero attached hydrogens (tertiary/aromatic N) is 2. The summed E-state index contributed by atoms with van der Waals surface area (Å²) in [6, 6.07) is 0. The van der Waals surface area contributed by atoms with Crippen LogP contribution in [-0.4, -0.2) is 22.4 Å². The van der Waals surface area contributed by atoms with E-state index in [1.54, 1.807) is 12.4 Å². The van der Waals surface area contributed by atoms with Crippen LogP contribution in [0.15, 0.2) is 12.4 Å². The largest absolute Gasteiger partial charge is 0.396 e. The van der Waals surface area contributed by atoms with Crippen LogP contribution in [0.2, 0.25) is 0 Å². The van der Waals surface area contributed by atoms with Gasteiger partial charge in [0.05, 0.1) is 5.69 Å². The van der Waals surface area contributed by atoms with Gasteiger partial charge in [-0.25, -0.2) is 9.97 Å². The van der Waals surface area contributed by atoms with Gasteiger partial charge in [-0.2, -0.15) is 0 Å². The number of thiophene rings is 1. The van der Waals surface area contributed by atoms with Crippen molar-refractivity contribution >= 4 is 33.3 Å².